The summed E-state index contributed by atoms with van der Waals surface area (Å²) >= 11 is 0. The predicted molar refractivity (Wildman–Crippen MR) is 91.3 cm³/mol. The van der Waals surface area contributed by atoms with E-state index in [0.717, 1.165) is 6.26 Å². The second-order valence-corrected chi connectivity index (χ2v) is 7.03. The number of anilines is 1. The van der Waals surface area contributed by atoms with Crippen LogP contribution >= 0.6 is 0 Å². The van der Waals surface area contributed by atoms with Crippen molar-refractivity contribution in [2.75, 3.05) is 24.8 Å². The molecule has 24 heavy (non-hydrogen) atoms. The number of carbonyl (C=O) groups is 1. The largest absolute Gasteiger partial charge is 0.490 e. The van der Waals surface area contributed by atoms with Crippen LogP contribution < -0.4 is 14.8 Å². The zero-order valence-corrected chi connectivity index (χ0v) is 14.3. The quantitative estimate of drug-likeness (QED) is 0.830. The van der Waals surface area contributed by atoms with Gasteiger partial charge in [0.05, 0.1) is 11.5 Å². The van der Waals surface area contributed by atoms with Gasteiger partial charge in [-0.25, -0.2) is 8.42 Å². The van der Waals surface area contributed by atoms with Gasteiger partial charge in [-0.1, -0.05) is 12.1 Å². The van der Waals surface area contributed by atoms with Crippen molar-refractivity contribution in [3.8, 4) is 11.5 Å². The zero-order chi connectivity index (χ0) is 17.6. The van der Waals surface area contributed by atoms with Crippen molar-refractivity contribution in [2.24, 2.45) is 0 Å². The summed E-state index contributed by atoms with van der Waals surface area (Å²) in [6.45, 7) is 2.18. The molecule has 0 saturated carbocycles. The molecule has 0 atom stereocenters. The third-order valence-corrected chi connectivity index (χ3v) is 4.20. The summed E-state index contributed by atoms with van der Waals surface area (Å²) in [6, 6.07) is 13.0. The molecule has 1 amide bonds. The van der Waals surface area contributed by atoms with Crippen molar-refractivity contribution in [2.45, 2.75) is 11.8 Å². The van der Waals surface area contributed by atoms with E-state index in [2.05, 4.69) is 5.32 Å². The molecule has 2 rings (SSSR count). The highest BCUT2D eigenvalue weighted by atomic mass is 32.2. The standard InChI is InChI=1S/C17H19NO5S/c1-3-22-15-6-4-5-7-16(15)23-12-17(19)18-13-8-10-14(11-9-13)24(2,20)21/h4-11H,3,12H2,1-2H3,(H,18,19). The molecule has 0 aliphatic heterocycles. The summed E-state index contributed by atoms with van der Waals surface area (Å²) < 4.78 is 33.7. The number of sulfone groups is 1. The Morgan fingerprint density at radius 1 is 1.00 bits per heavy atom. The maximum Gasteiger partial charge on any atom is 0.262 e. The smallest absolute Gasteiger partial charge is 0.262 e. The number of hydrogen-bond donors (Lipinski definition) is 1. The number of rotatable bonds is 7. The third-order valence-electron chi connectivity index (χ3n) is 3.07. The lowest BCUT2D eigenvalue weighted by molar-refractivity contribution is -0.118. The molecule has 7 heteroatoms. The summed E-state index contributed by atoms with van der Waals surface area (Å²) in [5.74, 6) is 0.709. The monoisotopic (exact) mass is 349 g/mol. The molecular formula is C17H19NO5S. The SMILES string of the molecule is CCOc1ccccc1OCC(=O)Nc1ccc(S(C)(=O)=O)cc1. The molecule has 1 N–H and O–H groups in total. The van der Waals surface area contributed by atoms with Gasteiger partial charge in [0.2, 0.25) is 0 Å². The van der Waals surface area contributed by atoms with Crippen molar-refractivity contribution in [1.82, 2.24) is 0 Å². The Labute approximate surface area is 141 Å². The molecule has 0 saturated heterocycles. The number of hydrogen-bond acceptors (Lipinski definition) is 5. The van der Waals surface area contributed by atoms with E-state index in [1.54, 1.807) is 18.2 Å². The molecule has 6 nitrogen and oxygen atoms in total. The maximum atomic E-state index is 11.9. The average Bonchev–Trinajstić information content (AvgIpc) is 2.54. The van der Waals surface area contributed by atoms with Crippen LogP contribution in [0.3, 0.4) is 0 Å². The van der Waals surface area contributed by atoms with E-state index < -0.39 is 9.84 Å². The Bertz CT molecular complexity index is 800. The van der Waals surface area contributed by atoms with Crippen LogP contribution in [0.2, 0.25) is 0 Å². The second-order valence-electron chi connectivity index (χ2n) is 5.01. The Balaban J connectivity index is 1.94. The molecule has 0 heterocycles. The highest BCUT2D eigenvalue weighted by Gasteiger charge is 2.09. The van der Waals surface area contributed by atoms with Crippen LogP contribution in [0.15, 0.2) is 53.4 Å². The van der Waals surface area contributed by atoms with E-state index in [4.69, 9.17) is 9.47 Å². The van der Waals surface area contributed by atoms with Crippen molar-refractivity contribution >= 4 is 21.4 Å². The van der Waals surface area contributed by atoms with Crippen LogP contribution in [-0.4, -0.2) is 33.8 Å². The molecule has 2 aromatic rings. The summed E-state index contributed by atoms with van der Waals surface area (Å²) in [5, 5.41) is 2.64. The number of amides is 1. The van der Waals surface area contributed by atoms with Crippen molar-refractivity contribution in [3.63, 3.8) is 0 Å². The third kappa shape index (κ3) is 4.99. The van der Waals surface area contributed by atoms with E-state index in [1.807, 2.05) is 13.0 Å². The first-order valence-corrected chi connectivity index (χ1v) is 9.24. The predicted octanol–water partition coefficient (Wildman–Crippen LogP) is 2.51. The van der Waals surface area contributed by atoms with Gasteiger partial charge in [-0.3, -0.25) is 4.79 Å². The summed E-state index contributed by atoms with van der Waals surface area (Å²) in [5.41, 5.74) is 0.495. The van der Waals surface area contributed by atoms with Gasteiger partial charge >= 0.3 is 0 Å². The lowest BCUT2D eigenvalue weighted by Gasteiger charge is -2.11. The number of benzene rings is 2. The molecule has 0 bridgehead atoms. The van der Waals surface area contributed by atoms with Gasteiger partial charge in [0.1, 0.15) is 0 Å². The lowest BCUT2D eigenvalue weighted by atomic mass is 10.3. The van der Waals surface area contributed by atoms with Crippen molar-refractivity contribution < 1.29 is 22.7 Å². The van der Waals surface area contributed by atoms with E-state index in [1.165, 1.54) is 24.3 Å². The highest BCUT2D eigenvalue weighted by molar-refractivity contribution is 7.90. The maximum absolute atomic E-state index is 11.9. The number of para-hydroxylation sites is 2. The van der Waals surface area contributed by atoms with Crippen LogP contribution in [0.5, 0.6) is 11.5 Å². The molecule has 128 valence electrons. The van der Waals surface area contributed by atoms with Gasteiger partial charge in [0.25, 0.3) is 5.91 Å². The number of ether oxygens (including phenoxy) is 2. The Morgan fingerprint density at radius 3 is 2.12 bits per heavy atom. The normalized spacial score (nSPS) is 10.9. The van der Waals surface area contributed by atoms with Gasteiger partial charge in [0, 0.05) is 11.9 Å². The lowest BCUT2D eigenvalue weighted by Crippen LogP contribution is -2.20. The minimum absolute atomic E-state index is 0.183. The van der Waals surface area contributed by atoms with Crippen molar-refractivity contribution in [3.05, 3.63) is 48.5 Å². The Kier molecular flexibility index (Phi) is 5.81. The summed E-state index contributed by atoms with van der Waals surface area (Å²) in [4.78, 5) is 12.1. The fourth-order valence-corrected chi connectivity index (χ4v) is 2.60. The van der Waals surface area contributed by atoms with E-state index in [0.29, 0.717) is 23.8 Å². The molecule has 0 aliphatic carbocycles. The first-order valence-electron chi connectivity index (χ1n) is 7.34. The molecule has 0 fully saturated rings. The fourth-order valence-electron chi connectivity index (χ4n) is 1.97. The number of carbonyl (C=O) groups excluding carboxylic acids is 1. The fraction of sp³-hybridized carbons (Fsp3) is 0.235. The molecule has 0 spiro atoms. The van der Waals surface area contributed by atoms with Crippen LogP contribution in [0.4, 0.5) is 5.69 Å². The molecule has 0 aromatic heterocycles. The Hall–Kier alpha value is -2.54. The van der Waals surface area contributed by atoms with E-state index in [9.17, 15) is 13.2 Å². The van der Waals surface area contributed by atoms with E-state index >= 15 is 0 Å². The highest BCUT2D eigenvalue weighted by Crippen LogP contribution is 2.26. The average molecular weight is 349 g/mol. The summed E-state index contributed by atoms with van der Waals surface area (Å²) in [6.07, 6.45) is 1.13. The van der Waals surface area contributed by atoms with Crippen LogP contribution in [-0.2, 0) is 14.6 Å². The molecular weight excluding hydrogens is 330 g/mol. The minimum Gasteiger partial charge on any atom is -0.490 e. The van der Waals surface area contributed by atoms with E-state index in [-0.39, 0.29) is 17.4 Å². The molecule has 0 unspecified atom stereocenters. The van der Waals surface area contributed by atoms with Gasteiger partial charge in [0.15, 0.2) is 27.9 Å². The molecule has 2 aromatic carbocycles. The van der Waals surface area contributed by atoms with Gasteiger partial charge in [-0.15, -0.1) is 0 Å². The second kappa shape index (κ2) is 7.83. The minimum atomic E-state index is -3.26. The van der Waals surface area contributed by atoms with Gasteiger partial charge < -0.3 is 14.8 Å². The van der Waals surface area contributed by atoms with Crippen LogP contribution in [0.25, 0.3) is 0 Å². The van der Waals surface area contributed by atoms with Gasteiger partial charge in [-0.05, 0) is 43.3 Å². The van der Waals surface area contributed by atoms with Crippen molar-refractivity contribution in [1.29, 1.82) is 0 Å². The molecule has 0 aliphatic rings. The first kappa shape index (κ1) is 17.8. The molecule has 0 radical (unpaired) electrons. The van der Waals surface area contributed by atoms with Crippen LogP contribution in [0, 0.1) is 0 Å². The van der Waals surface area contributed by atoms with Gasteiger partial charge in [-0.2, -0.15) is 0 Å². The zero-order valence-electron chi connectivity index (χ0n) is 13.5. The number of nitrogens with one attached hydrogen (secondary N) is 1. The van der Waals surface area contributed by atoms with Crippen LogP contribution in [0.1, 0.15) is 6.92 Å². The Morgan fingerprint density at radius 2 is 1.58 bits per heavy atom. The topological polar surface area (TPSA) is 81.7 Å². The summed E-state index contributed by atoms with van der Waals surface area (Å²) in [7, 11) is -3.26. The first-order chi connectivity index (χ1) is 11.4.